The number of halogens is 1. The van der Waals surface area contributed by atoms with Crippen molar-refractivity contribution in [3.8, 4) is 0 Å². The number of benzene rings is 1. The third-order valence-corrected chi connectivity index (χ3v) is 3.00. The number of hydrogen-bond donors (Lipinski definition) is 1. The van der Waals surface area contributed by atoms with Crippen LogP contribution in [0.15, 0.2) is 24.3 Å². The molecule has 0 radical (unpaired) electrons. The zero-order valence-electron chi connectivity index (χ0n) is 10.1. The molecule has 1 saturated heterocycles. The molecule has 1 fully saturated rings. The molecule has 96 valence electrons. The van der Waals surface area contributed by atoms with Gasteiger partial charge in [-0.2, -0.15) is 0 Å². The van der Waals surface area contributed by atoms with Gasteiger partial charge in [-0.3, -0.25) is 4.79 Å². The van der Waals surface area contributed by atoms with Gasteiger partial charge in [0.05, 0.1) is 11.6 Å². The molecule has 0 saturated carbocycles. The quantitative estimate of drug-likeness (QED) is 0.894. The van der Waals surface area contributed by atoms with Crippen molar-refractivity contribution in [3.63, 3.8) is 0 Å². The summed E-state index contributed by atoms with van der Waals surface area (Å²) in [5.74, 6) is -1.17. The minimum Gasteiger partial charge on any atom is -0.337 e. The molecule has 1 aliphatic heterocycles. The summed E-state index contributed by atoms with van der Waals surface area (Å²) in [6.45, 7) is 2.30. The number of amides is 3. The third-order valence-electron chi connectivity index (χ3n) is 3.00. The van der Waals surface area contributed by atoms with Crippen molar-refractivity contribution in [1.82, 2.24) is 5.32 Å². The van der Waals surface area contributed by atoms with Crippen LogP contribution in [0, 0.1) is 11.7 Å². The highest BCUT2D eigenvalue weighted by Gasteiger charge is 2.35. The van der Waals surface area contributed by atoms with Gasteiger partial charge in [0.2, 0.25) is 5.91 Å². The van der Waals surface area contributed by atoms with E-state index >= 15 is 0 Å². The zero-order valence-corrected chi connectivity index (χ0v) is 10.1. The van der Waals surface area contributed by atoms with Crippen molar-refractivity contribution in [2.75, 3.05) is 11.4 Å². The summed E-state index contributed by atoms with van der Waals surface area (Å²) in [5, 5.41) is 2.62. The van der Waals surface area contributed by atoms with E-state index in [1.54, 1.807) is 6.07 Å². The van der Waals surface area contributed by atoms with E-state index in [2.05, 4.69) is 5.32 Å². The van der Waals surface area contributed by atoms with Crippen LogP contribution in [0.25, 0.3) is 0 Å². The van der Waals surface area contributed by atoms with E-state index in [1.165, 1.54) is 18.2 Å². The van der Waals surface area contributed by atoms with Crippen molar-refractivity contribution in [1.29, 1.82) is 0 Å². The fraction of sp³-hybridized carbons (Fsp3) is 0.385. The Morgan fingerprint density at radius 1 is 1.39 bits per heavy atom. The summed E-state index contributed by atoms with van der Waals surface area (Å²) >= 11 is 0. The first-order chi connectivity index (χ1) is 8.65. The highest BCUT2D eigenvalue weighted by Crippen LogP contribution is 2.24. The average molecular weight is 250 g/mol. The minimum atomic E-state index is -0.571. The molecule has 5 heteroatoms. The zero-order chi connectivity index (χ0) is 13.1. The largest absolute Gasteiger partial charge is 0.337 e. The van der Waals surface area contributed by atoms with E-state index in [0.717, 1.165) is 11.3 Å². The van der Waals surface area contributed by atoms with Crippen LogP contribution < -0.4 is 10.2 Å². The van der Waals surface area contributed by atoms with Gasteiger partial charge < -0.3 is 5.32 Å². The summed E-state index contributed by atoms with van der Waals surface area (Å²) < 4.78 is 13.7. The van der Waals surface area contributed by atoms with Crippen molar-refractivity contribution >= 4 is 17.6 Å². The molecule has 0 spiro atoms. The van der Waals surface area contributed by atoms with Gasteiger partial charge in [0.1, 0.15) is 5.82 Å². The molecular formula is C13H15FN2O2. The molecule has 1 aliphatic rings. The minimum absolute atomic E-state index is 0.0146. The number of hydrogen-bond acceptors (Lipinski definition) is 2. The topological polar surface area (TPSA) is 49.4 Å². The highest BCUT2D eigenvalue weighted by molar-refractivity contribution is 6.16. The number of urea groups is 1. The molecule has 0 bridgehead atoms. The Bertz CT molecular complexity index is 476. The summed E-state index contributed by atoms with van der Waals surface area (Å²) in [7, 11) is 0. The van der Waals surface area contributed by atoms with Gasteiger partial charge in [0.15, 0.2) is 0 Å². The number of nitrogens with one attached hydrogen (secondary N) is 1. The number of para-hydroxylation sites is 1. The fourth-order valence-corrected chi connectivity index (χ4v) is 2.09. The van der Waals surface area contributed by atoms with Gasteiger partial charge in [-0.15, -0.1) is 0 Å². The summed E-state index contributed by atoms with van der Waals surface area (Å²) in [5.41, 5.74) is 0.0146. The second kappa shape index (κ2) is 5.16. The molecule has 3 amide bonds. The maximum atomic E-state index is 13.7. The summed E-state index contributed by atoms with van der Waals surface area (Å²) in [6, 6.07) is 5.23. The number of carbonyl (C=O) groups excluding carboxylic acids is 2. The molecule has 1 aromatic carbocycles. The van der Waals surface area contributed by atoms with E-state index in [1.807, 2.05) is 6.92 Å². The number of rotatable bonds is 3. The van der Waals surface area contributed by atoms with Crippen LogP contribution in [0.2, 0.25) is 0 Å². The van der Waals surface area contributed by atoms with Crippen molar-refractivity contribution < 1.29 is 14.0 Å². The molecule has 1 heterocycles. The first kappa shape index (κ1) is 12.5. The van der Waals surface area contributed by atoms with E-state index in [9.17, 15) is 14.0 Å². The third kappa shape index (κ3) is 2.20. The van der Waals surface area contributed by atoms with Gasteiger partial charge in [-0.05, 0) is 18.6 Å². The number of nitrogens with zero attached hydrogens (tertiary/aromatic N) is 1. The van der Waals surface area contributed by atoms with Crippen LogP contribution in [0.3, 0.4) is 0 Å². The van der Waals surface area contributed by atoms with Crippen LogP contribution >= 0.6 is 0 Å². The lowest BCUT2D eigenvalue weighted by Gasteiger charge is -2.31. The molecular weight excluding hydrogens is 235 g/mol. The summed E-state index contributed by atoms with van der Waals surface area (Å²) in [4.78, 5) is 24.8. The van der Waals surface area contributed by atoms with E-state index in [0.29, 0.717) is 13.0 Å². The van der Waals surface area contributed by atoms with E-state index in [-0.39, 0.29) is 17.5 Å². The molecule has 2 rings (SSSR count). The Morgan fingerprint density at radius 3 is 2.78 bits per heavy atom. The van der Waals surface area contributed by atoms with Gasteiger partial charge in [-0.1, -0.05) is 25.5 Å². The standard InChI is InChI=1S/C13H15FN2O2/c1-2-5-9-8-15-13(18)16(12(9)17)11-7-4-3-6-10(11)14/h3-4,6-7,9H,2,5,8H2,1H3,(H,15,18). The Kier molecular flexibility index (Phi) is 3.60. The van der Waals surface area contributed by atoms with Crippen molar-refractivity contribution in [2.24, 2.45) is 5.92 Å². The van der Waals surface area contributed by atoms with Gasteiger partial charge in [0.25, 0.3) is 0 Å². The van der Waals surface area contributed by atoms with E-state index in [4.69, 9.17) is 0 Å². The maximum Gasteiger partial charge on any atom is 0.328 e. The highest BCUT2D eigenvalue weighted by atomic mass is 19.1. The Balaban J connectivity index is 2.32. The maximum absolute atomic E-state index is 13.7. The molecule has 1 N–H and O–H groups in total. The van der Waals surface area contributed by atoms with Crippen LogP contribution in [0.1, 0.15) is 19.8 Å². The Morgan fingerprint density at radius 2 is 2.11 bits per heavy atom. The number of anilines is 1. The second-order valence-corrected chi connectivity index (χ2v) is 4.30. The van der Waals surface area contributed by atoms with E-state index < -0.39 is 11.8 Å². The smallest absolute Gasteiger partial charge is 0.328 e. The normalized spacial score (nSPS) is 19.9. The first-order valence-corrected chi connectivity index (χ1v) is 6.01. The Labute approximate surface area is 105 Å². The monoisotopic (exact) mass is 250 g/mol. The van der Waals surface area contributed by atoms with Gasteiger partial charge >= 0.3 is 6.03 Å². The van der Waals surface area contributed by atoms with Crippen LogP contribution in [-0.4, -0.2) is 18.5 Å². The molecule has 1 atom stereocenters. The molecule has 1 unspecified atom stereocenters. The molecule has 0 aliphatic carbocycles. The Hall–Kier alpha value is -1.91. The van der Waals surface area contributed by atoms with Gasteiger partial charge in [0, 0.05) is 6.54 Å². The van der Waals surface area contributed by atoms with Crippen molar-refractivity contribution in [2.45, 2.75) is 19.8 Å². The van der Waals surface area contributed by atoms with Crippen molar-refractivity contribution in [3.05, 3.63) is 30.1 Å². The predicted octanol–water partition coefficient (Wildman–Crippen LogP) is 2.30. The number of imide groups is 1. The molecule has 1 aromatic rings. The molecule has 0 aromatic heterocycles. The summed E-state index contributed by atoms with van der Waals surface area (Å²) in [6.07, 6.45) is 1.53. The lowest BCUT2D eigenvalue weighted by Crippen LogP contribution is -2.55. The SMILES string of the molecule is CCCC1CNC(=O)N(c2ccccc2F)C1=O. The fourth-order valence-electron chi connectivity index (χ4n) is 2.09. The lowest BCUT2D eigenvalue weighted by molar-refractivity contribution is -0.122. The molecule has 4 nitrogen and oxygen atoms in total. The van der Waals surface area contributed by atoms with Crippen LogP contribution in [0.4, 0.5) is 14.9 Å². The van der Waals surface area contributed by atoms with Crippen LogP contribution in [-0.2, 0) is 4.79 Å². The van der Waals surface area contributed by atoms with Crippen LogP contribution in [0.5, 0.6) is 0 Å². The molecule has 18 heavy (non-hydrogen) atoms. The average Bonchev–Trinajstić information content (AvgIpc) is 2.35. The second-order valence-electron chi connectivity index (χ2n) is 4.30. The number of carbonyl (C=O) groups is 2. The lowest BCUT2D eigenvalue weighted by atomic mass is 10.00. The van der Waals surface area contributed by atoms with Gasteiger partial charge in [-0.25, -0.2) is 14.1 Å². The first-order valence-electron chi connectivity index (χ1n) is 6.01. The predicted molar refractivity (Wildman–Crippen MR) is 65.7 cm³/mol.